The first kappa shape index (κ1) is 9.85. The van der Waals surface area contributed by atoms with Crippen molar-refractivity contribution >= 4 is 23.0 Å². The van der Waals surface area contributed by atoms with Crippen LogP contribution in [-0.2, 0) is 10.8 Å². The van der Waals surface area contributed by atoms with E-state index in [1.54, 1.807) is 4.57 Å². The number of aromatic amines is 2. The zero-order chi connectivity index (χ0) is 10.1. The van der Waals surface area contributed by atoms with Crippen molar-refractivity contribution in [2.75, 3.05) is 11.5 Å². The predicted molar refractivity (Wildman–Crippen MR) is 56.4 cm³/mol. The summed E-state index contributed by atoms with van der Waals surface area (Å²) >= 11 is 4.98. The molecule has 0 radical (unpaired) electrons. The van der Waals surface area contributed by atoms with Crippen LogP contribution in [0.1, 0.15) is 18.9 Å². The lowest BCUT2D eigenvalue weighted by Crippen LogP contribution is -2.28. The second kappa shape index (κ2) is 3.82. The molecule has 0 bridgehead atoms. The van der Waals surface area contributed by atoms with Gasteiger partial charge in [0.1, 0.15) is 0 Å². The van der Waals surface area contributed by atoms with Crippen LogP contribution < -0.4 is 5.69 Å². The van der Waals surface area contributed by atoms with Crippen molar-refractivity contribution in [1.29, 1.82) is 0 Å². The predicted octanol–water partition coefficient (Wildman–Crippen LogP) is 0.318. The summed E-state index contributed by atoms with van der Waals surface area (Å²) in [4.78, 5) is 11.4. The second-order valence-electron chi connectivity index (χ2n) is 3.31. The van der Waals surface area contributed by atoms with E-state index in [4.69, 9.17) is 12.2 Å². The lowest BCUT2D eigenvalue weighted by Gasteiger charge is -2.21. The van der Waals surface area contributed by atoms with Crippen molar-refractivity contribution in [2.45, 2.75) is 18.9 Å². The highest BCUT2D eigenvalue weighted by molar-refractivity contribution is 7.85. The van der Waals surface area contributed by atoms with Crippen LogP contribution in [-0.4, -0.2) is 30.5 Å². The molecule has 0 amide bonds. The summed E-state index contributed by atoms with van der Waals surface area (Å²) in [5.41, 5.74) is -0.201. The van der Waals surface area contributed by atoms with Crippen molar-refractivity contribution < 1.29 is 4.21 Å². The SMILES string of the molecule is O=c1[nH][nH]c(=S)n1C1CCS(=O)CC1. The molecule has 0 aliphatic carbocycles. The smallest absolute Gasteiger partial charge is 0.272 e. The molecule has 2 N–H and O–H groups in total. The minimum atomic E-state index is -0.706. The molecule has 1 saturated heterocycles. The summed E-state index contributed by atoms with van der Waals surface area (Å²) < 4.78 is 13.1. The van der Waals surface area contributed by atoms with Crippen molar-refractivity contribution in [3.05, 3.63) is 15.3 Å². The molecule has 1 aromatic rings. The number of hydrogen-bond donors (Lipinski definition) is 2. The molecule has 5 nitrogen and oxygen atoms in total. The van der Waals surface area contributed by atoms with E-state index in [9.17, 15) is 9.00 Å². The molecule has 14 heavy (non-hydrogen) atoms. The van der Waals surface area contributed by atoms with E-state index in [2.05, 4.69) is 10.2 Å². The first-order valence-corrected chi connectivity index (χ1v) is 6.32. The number of rotatable bonds is 1. The third kappa shape index (κ3) is 1.74. The van der Waals surface area contributed by atoms with Gasteiger partial charge < -0.3 is 0 Å². The van der Waals surface area contributed by atoms with Gasteiger partial charge in [-0.3, -0.25) is 13.9 Å². The van der Waals surface area contributed by atoms with E-state index in [1.807, 2.05) is 0 Å². The lowest BCUT2D eigenvalue weighted by atomic mass is 10.1. The van der Waals surface area contributed by atoms with Crippen LogP contribution in [0.4, 0.5) is 0 Å². The molecular weight excluding hydrogens is 222 g/mol. The van der Waals surface area contributed by atoms with Crippen LogP contribution in [0.2, 0.25) is 0 Å². The maximum atomic E-state index is 11.4. The molecule has 1 aromatic heterocycles. The fraction of sp³-hybridized carbons (Fsp3) is 0.714. The third-order valence-electron chi connectivity index (χ3n) is 2.44. The molecular formula is C7H11N3O2S2. The molecule has 0 saturated carbocycles. The molecule has 78 valence electrons. The van der Waals surface area contributed by atoms with E-state index in [0.717, 1.165) is 12.8 Å². The minimum absolute atomic E-state index is 0.107. The Morgan fingerprint density at radius 3 is 2.50 bits per heavy atom. The van der Waals surface area contributed by atoms with Crippen molar-refractivity contribution in [2.24, 2.45) is 0 Å². The van der Waals surface area contributed by atoms with Gasteiger partial charge in [0, 0.05) is 28.3 Å². The van der Waals surface area contributed by atoms with Gasteiger partial charge in [0.25, 0.3) is 0 Å². The number of aromatic nitrogens is 3. The summed E-state index contributed by atoms with van der Waals surface area (Å²) in [5, 5.41) is 5.06. The normalized spacial score (nSPS) is 27.7. The van der Waals surface area contributed by atoms with Crippen LogP contribution in [0.5, 0.6) is 0 Å². The molecule has 2 rings (SSSR count). The highest BCUT2D eigenvalue weighted by Gasteiger charge is 2.21. The Bertz CT molecular complexity index is 420. The van der Waals surface area contributed by atoms with Gasteiger partial charge in [-0.15, -0.1) is 0 Å². The van der Waals surface area contributed by atoms with E-state index in [-0.39, 0.29) is 11.7 Å². The van der Waals surface area contributed by atoms with Gasteiger partial charge in [-0.1, -0.05) is 0 Å². The van der Waals surface area contributed by atoms with Crippen LogP contribution in [0.25, 0.3) is 0 Å². The molecule has 1 aliphatic heterocycles. The largest absolute Gasteiger partial charge is 0.342 e. The van der Waals surface area contributed by atoms with E-state index >= 15 is 0 Å². The maximum absolute atomic E-state index is 11.4. The van der Waals surface area contributed by atoms with E-state index < -0.39 is 10.8 Å². The molecule has 1 aliphatic rings. The Balaban J connectivity index is 2.28. The summed E-state index contributed by atoms with van der Waals surface area (Å²) in [7, 11) is -0.706. The minimum Gasteiger partial charge on any atom is -0.272 e. The monoisotopic (exact) mass is 233 g/mol. The number of hydrogen-bond acceptors (Lipinski definition) is 3. The lowest BCUT2D eigenvalue weighted by molar-refractivity contribution is 0.446. The molecule has 0 aromatic carbocycles. The fourth-order valence-electron chi connectivity index (χ4n) is 1.69. The molecule has 7 heteroatoms. The first-order valence-electron chi connectivity index (χ1n) is 4.42. The third-order valence-corrected chi connectivity index (χ3v) is 4.12. The molecule has 1 fully saturated rings. The molecule has 0 atom stereocenters. The highest BCUT2D eigenvalue weighted by atomic mass is 32.2. The van der Waals surface area contributed by atoms with Crippen molar-refractivity contribution in [3.8, 4) is 0 Å². The Morgan fingerprint density at radius 2 is 2.00 bits per heavy atom. The molecule has 2 heterocycles. The van der Waals surface area contributed by atoms with E-state index in [0.29, 0.717) is 16.3 Å². The van der Waals surface area contributed by atoms with Crippen LogP contribution in [0.3, 0.4) is 0 Å². The topological polar surface area (TPSA) is 70.7 Å². The summed E-state index contributed by atoms with van der Waals surface area (Å²) in [6, 6.07) is 0.107. The van der Waals surface area contributed by atoms with Gasteiger partial charge in [-0.05, 0) is 25.1 Å². The second-order valence-corrected chi connectivity index (χ2v) is 5.39. The van der Waals surface area contributed by atoms with Gasteiger partial charge in [-0.25, -0.2) is 9.89 Å². The van der Waals surface area contributed by atoms with Gasteiger partial charge in [0.15, 0.2) is 4.77 Å². The molecule has 0 unspecified atom stereocenters. The Morgan fingerprint density at radius 1 is 1.36 bits per heavy atom. The average Bonchev–Trinajstić information content (AvgIpc) is 2.49. The summed E-state index contributed by atoms with van der Waals surface area (Å²) in [6.07, 6.45) is 1.53. The summed E-state index contributed by atoms with van der Waals surface area (Å²) in [5.74, 6) is 1.33. The number of nitrogens with zero attached hydrogens (tertiary/aromatic N) is 1. The Kier molecular flexibility index (Phi) is 2.69. The first-order chi connectivity index (χ1) is 6.68. The standard InChI is InChI=1S/C7H11N3O2S2/c11-6-8-9-7(13)10(6)5-1-3-14(12)4-2-5/h5H,1-4H2,(H,8,11)(H,9,13). The van der Waals surface area contributed by atoms with Gasteiger partial charge in [0.05, 0.1) is 0 Å². The van der Waals surface area contributed by atoms with Crippen molar-refractivity contribution in [3.63, 3.8) is 0 Å². The van der Waals surface area contributed by atoms with Gasteiger partial charge in [0.2, 0.25) is 0 Å². The molecule has 0 spiro atoms. The zero-order valence-electron chi connectivity index (χ0n) is 7.49. The summed E-state index contributed by atoms with van der Waals surface area (Å²) in [6.45, 7) is 0. The average molecular weight is 233 g/mol. The van der Waals surface area contributed by atoms with Crippen LogP contribution in [0, 0.1) is 4.77 Å². The van der Waals surface area contributed by atoms with Crippen molar-refractivity contribution in [1.82, 2.24) is 14.8 Å². The highest BCUT2D eigenvalue weighted by Crippen LogP contribution is 2.20. The number of H-pyrrole nitrogens is 2. The van der Waals surface area contributed by atoms with Gasteiger partial charge >= 0.3 is 5.69 Å². The Labute approximate surface area is 88.0 Å². The van der Waals surface area contributed by atoms with Crippen LogP contribution >= 0.6 is 12.2 Å². The maximum Gasteiger partial charge on any atom is 0.342 e. The van der Waals surface area contributed by atoms with Gasteiger partial charge in [-0.2, -0.15) is 0 Å². The van der Waals surface area contributed by atoms with E-state index in [1.165, 1.54) is 0 Å². The zero-order valence-corrected chi connectivity index (χ0v) is 9.12. The fourth-order valence-corrected chi connectivity index (χ4v) is 3.25. The number of nitrogens with one attached hydrogen (secondary N) is 2. The quantitative estimate of drug-likeness (QED) is 0.686. The van der Waals surface area contributed by atoms with Crippen LogP contribution in [0.15, 0.2) is 4.79 Å². The Hall–Kier alpha value is -0.690.